The number of nitrogens with one attached hydrogen (secondary N) is 1. The average molecular weight is 397 g/mol. The van der Waals surface area contributed by atoms with Gasteiger partial charge in [-0.05, 0) is 24.0 Å². The summed E-state index contributed by atoms with van der Waals surface area (Å²) in [7, 11) is 1.53. The van der Waals surface area contributed by atoms with Gasteiger partial charge in [-0.2, -0.15) is 0 Å². The van der Waals surface area contributed by atoms with E-state index in [0.29, 0.717) is 0 Å². The second kappa shape index (κ2) is 11.6. The third-order valence-corrected chi connectivity index (χ3v) is 5.00. The van der Waals surface area contributed by atoms with Crippen LogP contribution in [0.4, 0.5) is 5.69 Å². The Bertz CT molecular complexity index is 643. The number of hydrogen-bond acceptors (Lipinski definition) is 5. The van der Waals surface area contributed by atoms with Gasteiger partial charge in [0.25, 0.3) is 0 Å². The number of ether oxygens (including phenoxy) is 1. The van der Waals surface area contributed by atoms with E-state index in [0.717, 1.165) is 29.7 Å². The Hall–Kier alpha value is -2.06. The van der Waals surface area contributed by atoms with Crippen molar-refractivity contribution in [1.82, 2.24) is 5.32 Å². The molecule has 0 aliphatic rings. The fourth-order valence-electron chi connectivity index (χ4n) is 2.71. The molecule has 0 saturated carbocycles. The molecule has 0 fully saturated rings. The number of carboxylic acids is 1. The highest BCUT2D eigenvalue weighted by atomic mass is 32.2. The van der Waals surface area contributed by atoms with Crippen molar-refractivity contribution in [3.63, 3.8) is 0 Å². The van der Waals surface area contributed by atoms with Crippen molar-refractivity contribution in [3.05, 3.63) is 29.3 Å². The first kappa shape index (κ1) is 23.0. The highest BCUT2D eigenvalue weighted by Crippen LogP contribution is 2.27. The van der Waals surface area contributed by atoms with Crippen LogP contribution in [0.25, 0.3) is 0 Å². The summed E-state index contributed by atoms with van der Waals surface area (Å²) in [5, 5.41) is 11.5. The maximum atomic E-state index is 12.8. The molecule has 1 aromatic rings. The normalized spacial score (nSPS) is 11.7. The van der Waals surface area contributed by atoms with E-state index in [1.165, 1.54) is 25.8 Å². The summed E-state index contributed by atoms with van der Waals surface area (Å²) in [6, 6.07) is 4.95. The molecule has 0 radical (unpaired) electrons. The van der Waals surface area contributed by atoms with Crippen LogP contribution in [0.3, 0.4) is 0 Å². The van der Waals surface area contributed by atoms with Gasteiger partial charge in [0.2, 0.25) is 11.8 Å². The summed E-state index contributed by atoms with van der Waals surface area (Å²) in [6.45, 7) is 5.46. The Morgan fingerprint density at radius 1 is 1.22 bits per heavy atom. The first-order chi connectivity index (χ1) is 12.8. The van der Waals surface area contributed by atoms with E-state index in [4.69, 9.17) is 9.84 Å². The molecule has 0 bridgehead atoms. The van der Waals surface area contributed by atoms with E-state index in [2.05, 4.69) is 5.32 Å². The minimum Gasteiger partial charge on any atom is -0.480 e. The molecule has 0 aliphatic carbocycles. The molecule has 0 saturated heterocycles. The number of carbonyl (C=O) groups excluding carboxylic acids is 2. The lowest BCUT2D eigenvalue weighted by atomic mass is 10.0. The van der Waals surface area contributed by atoms with E-state index in [1.54, 1.807) is 4.90 Å². The van der Waals surface area contributed by atoms with Crippen LogP contribution < -0.4 is 10.2 Å². The van der Waals surface area contributed by atoms with E-state index < -0.39 is 17.9 Å². The highest BCUT2D eigenvalue weighted by molar-refractivity contribution is 8.00. The van der Waals surface area contributed by atoms with Crippen molar-refractivity contribution in [2.75, 3.05) is 30.2 Å². The van der Waals surface area contributed by atoms with Gasteiger partial charge >= 0.3 is 5.97 Å². The number of rotatable bonds is 11. The van der Waals surface area contributed by atoms with Gasteiger partial charge in [-0.1, -0.05) is 32.0 Å². The average Bonchev–Trinajstić information content (AvgIpc) is 2.64. The van der Waals surface area contributed by atoms with Crippen molar-refractivity contribution >= 4 is 35.2 Å². The number of carbonyl (C=O) groups is 3. The molecular formula is C19H28N2O5S. The molecule has 7 nitrogen and oxygen atoms in total. The van der Waals surface area contributed by atoms with Crippen LogP contribution in [0.1, 0.15) is 31.9 Å². The number of para-hydroxylation sites is 1. The predicted molar refractivity (Wildman–Crippen MR) is 107 cm³/mol. The zero-order valence-corrected chi connectivity index (χ0v) is 17.1. The van der Waals surface area contributed by atoms with Crippen LogP contribution >= 0.6 is 11.8 Å². The lowest BCUT2D eigenvalue weighted by molar-refractivity contribution is -0.140. The summed E-state index contributed by atoms with van der Waals surface area (Å²) < 4.78 is 5.24. The number of benzene rings is 1. The van der Waals surface area contributed by atoms with Crippen molar-refractivity contribution in [1.29, 1.82) is 0 Å². The largest absolute Gasteiger partial charge is 0.480 e. The maximum Gasteiger partial charge on any atom is 0.327 e. The smallest absolute Gasteiger partial charge is 0.327 e. The molecule has 0 aromatic heterocycles. The zero-order valence-electron chi connectivity index (χ0n) is 16.3. The first-order valence-electron chi connectivity index (χ1n) is 8.83. The molecule has 2 N–H and O–H groups in total. The SMILES string of the molecule is CCc1cccc(CC)c1N(COC)C(=O)CSC[C@H](NC(C)=O)C(=O)O. The lowest BCUT2D eigenvalue weighted by Gasteiger charge is -2.27. The molecule has 0 unspecified atom stereocenters. The maximum absolute atomic E-state index is 12.8. The highest BCUT2D eigenvalue weighted by Gasteiger charge is 2.23. The number of aliphatic carboxylic acids is 1. The Kier molecular flexibility index (Phi) is 9.88. The van der Waals surface area contributed by atoms with E-state index in [1.807, 2.05) is 32.0 Å². The fraction of sp³-hybridized carbons (Fsp3) is 0.526. The van der Waals surface area contributed by atoms with Crippen LogP contribution in [0.15, 0.2) is 18.2 Å². The number of methoxy groups -OCH3 is 1. The molecule has 0 aliphatic heterocycles. The Morgan fingerprint density at radius 2 is 1.81 bits per heavy atom. The van der Waals surface area contributed by atoms with Crippen molar-refractivity contribution < 1.29 is 24.2 Å². The summed E-state index contributed by atoms with van der Waals surface area (Å²) in [5.41, 5.74) is 2.99. The standard InChI is InChI=1S/C19H28N2O5S/c1-5-14-8-7-9-15(6-2)18(14)21(12-26-4)17(23)11-27-10-16(19(24)25)20-13(3)22/h7-9,16H,5-6,10-12H2,1-4H3,(H,20,22)(H,24,25)/t16-/m0/s1. The second-order valence-electron chi connectivity index (χ2n) is 5.98. The molecule has 1 rings (SSSR count). The molecule has 0 heterocycles. The molecule has 1 aromatic carbocycles. The summed E-state index contributed by atoms with van der Waals surface area (Å²) >= 11 is 1.17. The number of anilines is 1. The molecule has 1 atom stereocenters. The molecule has 150 valence electrons. The molecular weight excluding hydrogens is 368 g/mol. The fourth-order valence-corrected chi connectivity index (χ4v) is 3.62. The minimum atomic E-state index is -1.12. The van der Waals surface area contributed by atoms with Crippen LogP contribution in [0, 0.1) is 0 Å². The molecule has 2 amide bonds. The van der Waals surface area contributed by atoms with Crippen LogP contribution in [0.2, 0.25) is 0 Å². The number of amides is 2. The lowest BCUT2D eigenvalue weighted by Crippen LogP contribution is -2.42. The second-order valence-corrected chi connectivity index (χ2v) is 7.01. The number of nitrogens with zero attached hydrogens (tertiary/aromatic N) is 1. The van der Waals surface area contributed by atoms with E-state index in [9.17, 15) is 14.4 Å². The third-order valence-electron chi connectivity index (χ3n) is 3.98. The minimum absolute atomic E-state index is 0.0912. The van der Waals surface area contributed by atoms with E-state index in [-0.39, 0.29) is 24.1 Å². The predicted octanol–water partition coefficient (Wildman–Crippen LogP) is 2.07. The van der Waals surface area contributed by atoms with Crippen LogP contribution in [-0.2, 0) is 32.0 Å². The quantitative estimate of drug-likeness (QED) is 0.556. The number of thioether (sulfide) groups is 1. The summed E-state index contributed by atoms with van der Waals surface area (Å²) in [4.78, 5) is 36.7. The van der Waals surface area contributed by atoms with Gasteiger partial charge in [0, 0.05) is 19.8 Å². The third kappa shape index (κ3) is 6.88. The number of aryl methyl sites for hydroxylation is 2. The Morgan fingerprint density at radius 3 is 2.26 bits per heavy atom. The number of carboxylic acid groups (broad SMARTS) is 1. The van der Waals surface area contributed by atoms with Crippen LogP contribution in [0.5, 0.6) is 0 Å². The van der Waals surface area contributed by atoms with Crippen molar-refractivity contribution in [2.24, 2.45) is 0 Å². The summed E-state index contributed by atoms with van der Waals surface area (Å²) in [5.74, 6) is -1.50. The van der Waals surface area contributed by atoms with Gasteiger partial charge in [-0.15, -0.1) is 11.8 Å². The van der Waals surface area contributed by atoms with Gasteiger partial charge in [-0.25, -0.2) is 4.79 Å². The Balaban J connectivity index is 2.91. The topological polar surface area (TPSA) is 95.9 Å². The monoisotopic (exact) mass is 396 g/mol. The zero-order chi connectivity index (χ0) is 20.4. The Labute approximate surface area is 164 Å². The van der Waals surface area contributed by atoms with Crippen LogP contribution in [-0.4, -0.2) is 54.3 Å². The summed E-state index contributed by atoms with van der Waals surface area (Å²) in [6.07, 6.45) is 1.57. The van der Waals surface area contributed by atoms with Gasteiger partial charge in [0.05, 0.1) is 11.4 Å². The first-order valence-corrected chi connectivity index (χ1v) is 9.98. The van der Waals surface area contributed by atoms with Gasteiger partial charge in [0.15, 0.2) is 0 Å². The van der Waals surface area contributed by atoms with E-state index >= 15 is 0 Å². The van der Waals surface area contributed by atoms with Gasteiger partial charge in [-0.3, -0.25) is 14.5 Å². The molecule has 8 heteroatoms. The van der Waals surface area contributed by atoms with Gasteiger partial charge < -0.3 is 15.2 Å². The molecule has 27 heavy (non-hydrogen) atoms. The number of hydrogen-bond donors (Lipinski definition) is 2. The molecule has 0 spiro atoms. The van der Waals surface area contributed by atoms with Crippen molar-refractivity contribution in [2.45, 2.75) is 39.7 Å². The van der Waals surface area contributed by atoms with Crippen molar-refractivity contribution in [3.8, 4) is 0 Å². The van der Waals surface area contributed by atoms with Gasteiger partial charge in [0.1, 0.15) is 12.8 Å².